The van der Waals surface area contributed by atoms with E-state index in [1.165, 1.54) is 7.11 Å². The highest BCUT2D eigenvalue weighted by molar-refractivity contribution is 5.87. The Labute approximate surface area is 107 Å². The van der Waals surface area contributed by atoms with Crippen molar-refractivity contribution in [1.29, 1.82) is 0 Å². The van der Waals surface area contributed by atoms with Crippen LogP contribution in [0.1, 0.15) is 29.0 Å². The molecular weight excluding hydrogens is 230 g/mol. The molecule has 2 heterocycles. The molecule has 18 heavy (non-hydrogen) atoms. The van der Waals surface area contributed by atoms with E-state index in [2.05, 4.69) is 14.6 Å². The molecule has 0 aliphatic carbocycles. The van der Waals surface area contributed by atoms with Crippen LogP contribution < -0.4 is 5.73 Å². The van der Waals surface area contributed by atoms with Crippen LogP contribution in [0, 0.1) is 0 Å². The van der Waals surface area contributed by atoms with Gasteiger partial charge in [0.05, 0.1) is 12.8 Å². The zero-order valence-corrected chi connectivity index (χ0v) is 10.6. The number of piperidine rings is 1. The van der Waals surface area contributed by atoms with Gasteiger partial charge in [0, 0.05) is 25.7 Å². The SMILES string of the molecule is COC(=O)c1cccc(CN2CCC(N)CC2)n1. The molecule has 1 aromatic heterocycles. The van der Waals surface area contributed by atoms with Crippen LogP contribution in [0.25, 0.3) is 0 Å². The molecule has 1 saturated heterocycles. The molecule has 2 rings (SSSR count). The lowest BCUT2D eigenvalue weighted by molar-refractivity contribution is 0.0593. The van der Waals surface area contributed by atoms with Crippen molar-refractivity contribution in [2.75, 3.05) is 20.2 Å². The Morgan fingerprint density at radius 2 is 2.22 bits per heavy atom. The number of carbonyl (C=O) groups is 1. The molecular formula is C13H19N3O2. The maximum Gasteiger partial charge on any atom is 0.356 e. The number of ether oxygens (including phenoxy) is 1. The zero-order chi connectivity index (χ0) is 13.0. The van der Waals surface area contributed by atoms with Crippen LogP contribution in [-0.4, -0.2) is 42.1 Å². The summed E-state index contributed by atoms with van der Waals surface area (Å²) in [5.74, 6) is -0.391. The van der Waals surface area contributed by atoms with Gasteiger partial charge in [-0.15, -0.1) is 0 Å². The third kappa shape index (κ3) is 3.27. The Balaban J connectivity index is 1.99. The maximum atomic E-state index is 11.4. The lowest BCUT2D eigenvalue weighted by atomic mass is 10.1. The Kier molecular flexibility index (Phi) is 4.28. The average molecular weight is 249 g/mol. The van der Waals surface area contributed by atoms with E-state index in [0.29, 0.717) is 11.7 Å². The molecule has 0 bridgehead atoms. The van der Waals surface area contributed by atoms with Crippen LogP contribution in [0.4, 0.5) is 0 Å². The highest BCUT2D eigenvalue weighted by Crippen LogP contribution is 2.12. The van der Waals surface area contributed by atoms with Crippen LogP contribution in [0.3, 0.4) is 0 Å². The van der Waals surface area contributed by atoms with Crippen molar-refractivity contribution in [2.24, 2.45) is 5.73 Å². The monoisotopic (exact) mass is 249 g/mol. The Bertz CT molecular complexity index is 414. The lowest BCUT2D eigenvalue weighted by Gasteiger charge is -2.29. The number of aromatic nitrogens is 1. The summed E-state index contributed by atoms with van der Waals surface area (Å²) in [6.45, 7) is 2.74. The minimum Gasteiger partial charge on any atom is -0.464 e. The van der Waals surface area contributed by atoms with Gasteiger partial charge in [0.1, 0.15) is 5.69 Å². The normalized spacial score (nSPS) is 17.7. The summed E-state index contributed by atoms with van der Waals surface area (Å²) < 4.78 is 4.66. The van der Waals surface area contributed by atoms with Crippen LogP contribution in [0.15, 0.2) is 18.2 Å². The predicted molar refractivity (Wildman–Crippen MR) is 68.1 cm³/mol. The van der Waals surface area contributed by atoms with E-state index < -0.39 is 5.97 Å². The second-order valence-electron chi connectivity index (χ2n) is 4.62. The van der Waals surface area contributed by atoms with Gasteiger partial charge in [-0.25, -0.2) is 9.78 Å². The summed E-state index contributed by atoms with van der Waals surface area (Å²) in [6.07, 6.45) is 2.05. The Hall–Kier alpha value is -1.46. The molecule has 98 valence electrons. The first-order valence-corrected chi connectivity index (χ1v) is 6.21. The summed E-state index contributed by atoms with van der Waals surface area (Å²) in [4.78, 5) is 18.0. The number of nitrogens with zero attached hydrogens (tertiary/aromatic N) is 2. The van der Waals surface area contributed by atoms with Crippen molar-refractivity contribution in [3.8, 4) is 0 Å². The molecule has 1 fully saturated rings. The van der Waals surface area contributed by atoms with Gasteiger partial charge < -0.3 is 10.5 Å². The molecule has 0 aromatic carbocycles. The van der Waals surface area contributed by atoms with Gasteiger partial charge >= 0.3 is 5.97 Å². The largest absolute Gasteiger partial charge is 0.464 e. The minimum atomic E-state index is -0.391. The van der Waals surface area contributed by atoms with Crippen molar-refractivity contribution in [2.45, 2.75) is 25.4 Å². The first kappa shape index (κ1) is 13.0. The van der Waals surface area contributed by atoms with Crippen molar-refractivity contribution < 1.29 is 9.53 Å². The third-order valence-electron chi connectivity index (χ3n) is 3.22. The molecule has 0 unspecified atom stereocenters. The van der Waals surface area contributed by atoms with Gasteiger partial charge in [0.25, 0.3) is 0 Å². The predicted octanol–water partition coefficient (Wildman–Crippen LogP) is 0.791. The number of likely N-dealkylation sites (tertiary alicyclic amines) is 1. The summed E-state index contributed by atoms with van der Waals surface area (Å²) in [5.41, 5.74) is 7.13. The number of esters is 1. The average Bonchev–Trinajstić information content (AvgIpc) is 2.41. The zero-order valence-electron chi connectivity index (χ0n) is 10.6. The number of hydrogen-bond acceptors (Lipinski definition) is 5. The molecule has 5 heteroatoms. The van der Waals surface area contributed by atoms with E-state index in [1.807, 2.05) is 12.1 Å². The second-order valence-corrected chi connectivity index (χ2v) is 4.62. The molecule has 5 nitrogen and oxygen atoms in total. The summed E-state index contributed by atoms with van der Waals surface area (Å²) in [6, 6.07) is 5.77. The Morgan fingerprint density at radius 3 is 2.89 bits per heavy atom. The number of hydrogen-bond donors (Lipinski definition) is 1. The van der Waals surface area contributed by atoms with Gasteiger partial charge in [-0.3, -0.25) is 4.90 Å². The molecule has 1 aliphatic rings. The lowest BCUT2D eigenvalue weighted by Crippen LogP contribution is -2.39. The molecule has 2 N–H and O–H groups in total. The second kappa shape index (κ2) is 5.93. The van der Waals surface area contributed by atoms with Crippen LogP contribution in [-0.2, 0) is 11.3 Å². The number of carbonyl (C=O) groups excluding carboxylic acids is 1. The van der Waals surface area contributed by atoms with Crippen molar-refractivity contribution >= 4 is 5.97 Å². The topological polar surface area (TPSA) is 68.5 Å². The van der Waals surface area contributed by atoms with Gasteiger partial charge in [-0.05, 0) is 25.0 Å². The highest BCUT2D eigenvalue weighted by atomic mass is 16.5. The van der Waals surface area contributed by atoms with Crippen LogP contribution in [0.5, 0.6) is 0 Å². The van der Waals surface area contributed by atoms with E-state index in [0.717, 1.165) is 38.2 Å². The number of nitrogens with two attached hydrogens (primary N) is 1. The fourth-order valence-corrected chi connectivity index (χ4v) is 2.13. The minimum absolute atomic E-state index is 0.329. The van der Waals surface area contributed by atoms with E-state index in [9.17, 15) is 4.79 Å². The number of pyridine rings is 1. The molecule has 1 aromatic rings. The molecule has 0 saturated carbocycles. The summed E-state index contributed by atoms with van der Waals surface area (Å²) in [7, 11) is 1.36. The van der Waals surface area contributed by atoms with Crippen molar-refractivity contribution in [3.63, 3.8) is 0 Å². The van der Waals surface area contributed by atoms with E-state index in [4.69, 9.17) is 5.73 Å². The first-order valence-electron chi connectivity index (χ1n) is 6.21. The van der Waals surface area contributed by atoms with Crippen molar-refractivity contribution in [1.82, 2.24) is 9.88 Å². The summed E-state index contributed by atoms with van der Waals surface area (Å²) in [5, 5.41) is 0. The van der Waals surface area contributed by atoms with Gasteiger partial charge in [-0.2, -0.15) is 0 Å². The van der Waals surface area contributed by atoms with E-state index in [-0.39, 0.29) is 0 Å². The molecule has 0 radical (unpaired) electrons. The maximum absolute atomic E-state index is 11.4. The molecule has 0 spiro atoms. The fourth-order valence-electron chi connectivity index (χ4n) is 2.13. The van der Waals surface area contributed by atoms with Gasteiger partial charge in [0.15, 0.2) is 0 Å². The number of methoxy groups -OCH3 is 1. The highest BCUT2D eigenvalue weighted by Gasteiger charge is 2.17. The smallest absolute Gasteiger partial charge is 0.356 e. The molecule has 1 aliphatic heterocycles. The summed E-state index contributed by atoms with van der Waals surface area (Å²) >= 11 is 0. The van der Waals surface area contributed by atoms with Gasteiger partial charge in [-0.1, -0.05) is 6.07 Å². The third-order valence-corrected chi connectivity index (χ3v) is 3.22. The Morgan fingerprint density at radius 1 is 1.50 bits per heavy atom. The van der Waals surface area contributed by atoms with E-state index in [1.54, 1.807) is 6.07 Å². The first-order chi connectivity index (χ1) is 8.69. The number of rotatable bonds is 3. The molecule has 0 atom stereocenters. The van der Waals surface area contributed by atoms with Crippen LogP contribution >= 0.6 is 0 Å². The van der Waals surface area contributed by atoms with E-state index >= 15 is 0 Å². The van der Waals surface area contributed by atoms with Gasteiger partial charge in [0.2, 0.25) is 0 Å². The molecule has 0 amide bonds. The standard InChI is InChI=1S/C13H19N3O2/c1-18-13(17)12-4-2-3-11(15-12)9-16-7-5-10(14)6-8-16/h2-4,10H,5-9,14H2,1H3. The van der Waals surface area contributed by atoms with Crippen molar-refractivity contribution in [3.05, 3.63) is 29.6 Å². The van der Waals surface area contributed by atoms with Crippen LogP contribution in [0.2, 0.25) is 0 Å². The quantitative estimate of drug-likeness (QED) is 0.802. The fraction of sp³-hybridized carbons (Fsp3) is 0.538.